The van der Waals surface area contributed by atoms with Crippen molar-refractivity contribution in [1.82, 2.24) is 24.4 Å². The summed E-state index contributed by atoms with van der Waals surface area (Å²) in [6.45, 7) is 6.56. The number of anilines is 2. The van der Waals surface area contributed by atoms with Crippen LogP contribution in [0.25, 0.3) is 11.2 Å². The Morgan fingerprint density at radius 2 is 2.06 bits per heavy atom. The maximum Gasteiger partial charge on any atom is 0.242 e. The number of hydrogen-bond acceptors (Lipinski definition) is 8. The van der Waals surface area contributed by atoms with Crippen LogP contribution >= 0.6 is 0 Å². The number of nitrogens with one attached hydrogen (secondary N) is 1. The normalized spacial score (nSPS) is 16.5. The highest BCUT2D eigenvalue weighted by Crippen LogP contribution is 2.24. The minimum absolute atomic E-state index is 0.0778. The summed E-state index contributed by atoms with van der Waals surface area (Å²) < 4.78 is 7.25. The summed E-state index contributed by atoms with van der Waals surface area (Å²) in [5, 5.41) is 4.38. The summed E-state index contributed by atoms with van der Waals surface area (Å²) >= 11 is 0. The van der Waals surface area contributed by atoms with Gasteiger partial charge < -0.3 is 19.1 Å². The van der Waals surface area contributed by atoms with Crippen LogP contribution < -0.4 is 10.3 Å². The third kappa shape index (κ3) is 4.26. The number of nitrogens with zero attached hydrogens (tertiary/aromatic N) is 7. The van der Waals surface area contributed by atoms with Crippen LogP contribution in [0.1, 0.15) is 17.5 Å². The lowest BCUT2D eigenvalue weighted by atomic mass is 10.2. The molecule has 5 rings (SSSR count). The smallest absolute Gasteiger partial charge is 0.242 e. The summed E-state index contributed by atoms with van der Waals surface area (Å²) in [7, 11) is 0. The van der Waals surface area contributed by atoms with Crippen molar-refractivity contribution in [1.29, 1.82) is 0 Å². The van der Waals surface area contributed by atoms with Gasteiger partial charge in [0.05, 0.1) is 25.8 Å². The first-order chi connectivity index (χ1) is 15.7. The van der Waals surface area contributed by atoms with Crippen molar-refractivity contribution in [3.05, 3.63) is 41.7 Å². The Bertz CT molecular complexity index is 1150. The number of benzene rings is 1. The van der Waals surface area contributed by atoms with Crippen LogP contribution in [0.15, 0.2) is 35.7 Å². The number of carbonyl (C=O) groups excluding carboxylic acids is 1. The molecule has 0 aliphatic carbocycles. The molecule has 0 atom stereocenters. The summed E-state index contributed by atoms with van der Waals surface area (Å²) in [4.78, 5) is 30.4. The molecule has 1 amide bonds. The van der Waals surface area contributed by atoms with E-state index in [1.807, 2.05) is 30.0 Å². The first-order valence-electron chi connectivity index (χ1n) is 10.9. The first-order valence-corrected chi connectivity index (χ1v) is 10.9. The van der Waals surface area contributed by atoms with E-state index in [1.165, 1.54) is 5.56 Å². The van der Waals surface area contributed by atoms with E-state index in [0.29, 0.717) is 49.2 Å². The molecule has 10 heteroatoms. The van der Waals surface area contributed by atoms with Gasteiger partial charge in [0, 0.05) is 26.2 Å². The van der Waals surface area contributed by atoms with E-state index in [4.69, 9.17) is 14.7 Å². The Kier molecular flexibility index (Phi) is 5.68. The minimum Gasteiger partial charge on any atom is -0.378 e. The standard InChI is InChI=1S/C22H26N8O2/c1-16-4-2-5-17(12-16)13-24-27-20-19-21(26-22(25-20)29-8-10-32-11-9-29)30(15-23-19)14-18(31)28-6-3-7-28/h2,4-5,12-13,15H,3,6-11,14H2,1H3,(H,25,26,27). The van der Waals surface area contributed by atoms with E-state index in [2.05, 4.69) is 26.5 Å². The lowest BCUT2D eigenvalue weighted by molar-refractivity contribution is -0.135. The van der Waals surface area contributed by atoms with Gasteiger partial charge in [0.2, 0.25) is 11.9 Å². The molecule has 2 aliphatic heterocycles. The van der Waals surface area contributed by atoms with E-state index in [-0.39, 0.29) is 12.5 Å². The largest absolute Gasteiger partial charge is 0.378 e. The van der Waals surface area contributed by atoms with Gasteiger partial charge in [-0.25, -0.2) is 4.98 Å². The van der Waals surface area contributed by atoms with Gasteiger partial charge in [-0.2, -0.15) is 15.1 Å². The van der Waals surface area contributed by atoms with Gasteiger partial charge in [-0.3, -0.25) is 10.2 Å². The number of likely N-dealkylation sites (tertiary alicyclic amines) is 1. The van der Waals surface area contributed by atoms with Crippen molar-refractivity contribution in [2.24, 2.45) is 5.10 Å². The molecule has 0 unspecified atom stereocenters. The molecule has 2 aromatic heterocycles. The monoisotopic (exact) mass is 434 g/mol. The molecule has 3 aromatic rings. The van der Waals surface area contributed by atoms with Crippen molar-refractivity contribution in [3.63, 3.8) is 0 Å². The number of imidazole rings is 1. The zero-order chi connectivity index (χ0) is 21.9. The molecule has 2 aliphatic rings. The fourth-order valence-electron chi connectivity index (χ4n) is 3.76. The lowest BCUT2D eigenvalue weighted by Crippen LogP contribution is -2.43. The van der Waals surface area contributed by atoms with E-state index in [0.717, 1.165) is 25.1 Å². The lowest BCUT2D eigenvalue weighted by Gasteiger charge is -2.31. The van der Waals surface area contributed by atoms with Crippen molar-refractivity contribution in [2.75, 3.05) is 49.7 Å². The second-order valence-electron chi connectivity index (χ2n) is 8.03. The molecule has 4 heterocycles. The summed E-state index contributed by atoms with van der Waals surface area (Å²) in [6, 6.07) is 8.08. The van der Waals surface area contributed by atoms with E-state index in [1.54, 1.807) is 17.1 Å². The Hall–Kier alpha value is -3.53. The second kappa shape index (κ2) is 8.91. The predicted molar refractivity (Wildman–Crippen MR) is 122 cm³/mol. The third-order valence-corrected chi connectivity index (χ3v) is 5.69. The number of morpholine rings is 1. The molecule has 32 heavy (non-hydrogen) atoms. The number of aryl methyl sites for hydroxylation is 1. The van der Waals surface area contributed by atoms with Crippen molar-refractivity contribution in [3.8, 4) is 0 Å². The zero-order valence-corrected chi connectivity index (χ0v) is 18.1. The van der Waals surface area contributed by atoms with Gasteiger partial charge in [0.15, 0.2) is 17.0 Å². The molecule has 0 saturated carbocycles. The van der Waals surface area contributed by atoms with Crippen LogP contribution in [0.2, 0.25) is 0 Å². The van der Waals surface area contributed by atoms with Gasteiger partial charge in [-0.1, -0.05) is 29.8 Å². The molecule has 1 aromatic carbocycles. The molecule has 0 radical (unpaired) electrons. The molecular formula is C22H26N8O2. The molecule has 1 N–H and O–H groups in total. The van der Waals surface area contributed by atoms with Crippen LogP contribution in [0.5, 0.6) is 0 Å². The van der Waals surface area contributed by atoms with E-state index < -0.39 is 0 Å². The number of ether oxygens (including phenoxy) is 1. The number of amides is 1. The highest BCUT2D eigenvalue weighted by Gasteiger charge is 2.23. The SMILES string of the molecule is Cc1cccc(C=NNc2nc(N3CCOCC3)nc3c2ncn3CC(=O)N2CCC2)c1. The molecule has 10 nitrogen and oxygen atoms in total. The number of carbonyl (C=O) groups is 1. The number of hydrazone groups is 1. The van der Waals surface area contributed by atoms with Crippen LogP contribution in [-0.4, -0.2) is 75.9 Å². The quantitative estimate of drug-likeness (QED) is 0.465. The minimum atomic E-state index is 0.0778. The van der Waals surface area contributed by atoms with Crippen molar-refractivity contribution < 1.29 is 9.53 Å². The number of aromatic nitrogens is 4. The topological polar surface area (TPSA) is 101 Å². The summed E-state index contributed by atoms with van der Waals surface area (Å²) in [5.41, 5.74) is 6.39. The first kappa shape index (κ1) is 20.4. The van der Waals surface area contributed by atoms with Crippen molar-refractivity contribution in [2.45, 2.75) is 19.9 Å². The third-order valence-electron chi connectivity index (χ3n) is 5.69. The Morgan fingerprint density at radius 3 is 2.81 bits per heavy atom. The molecule has 2 fully saturated rings. The molecular weight excluding hydrogens is 408 g/mol. The van der Waals surface area contributed by atoms with Gasteiger partial charge in [0.1, 0.15) is 6.54 Å². The Balaban J connectivity index is 1.46. The van der Waals surface area contributed by atoms with Crippen LogP contribution in [0.3, 0.4) is 0 Å². The predicted octanol–water partition coefficient (Wildman–Crippen LogP) is 1.65. The Labute approximate surface area is 185 Å². The van der Waals surface area contributed by atoms with Crippen LogP contribution in [0, 0.1) is 6.92 Å². The van der Waals surface area contributed by atoms with Crippen LogP contribution in [0.4, 0.5) is 11.8 Å². The average Bonchev–Trinajstić information content (AvgIpc) is 3.16. The molecule has 2 saturated heterocycles. The summed E-state index contributed by atoms with van der Waals surface area (Å²) in [5.74, 6) is 1.16. The van der Waals surface area contributed by atoms with Gasteiger partial charge >= 0.3 is 0 Å². The maximum absolute atomic E-state index is 12.5. The van der Waals surface area contributed by atoms with Gasteiger partial charge in [-0.15, -0.1) is 0 Å². The molecule has 166 valence electrons. The van der Waals surface area contributed by atoms with Crippen molar-refractivity contribution >= 4 is 35.1 Å². The zero-order valence-electron chi connectivity index (χ0n) is 18.1. The van der Waals surface area contributed by atoms with Crippen LogP contribution in [-0.2, 0) is 16.1 Å². The highest BCUT2D eigenvalue weighted by molar-refractivity contribution is 5.87. The number of rotatable bonds is 6. The number of fused-ring (bicyclic) bond motifs is 1. The fraction of sp³-hybridized carbons (Fsp3) is 0.409. The highest BCUT2D eigenvalue weighted by atomic mass is 16.5. The average molecular weight is 435 g/mol. The molecule has 0 spiro atoms. The Morgan fingerprint density at radius 1 is 1.22 bits per heavy atom. The van der Waals surface area contributed by atoms with E-state index in [9.17, 15) is 4.79 Å². The summed E-state index contributed by atoms with van der Waals surface area (Å²) in [6.07, 6.45) is 4.46. The second-order valence-corrected chi connectivity index (χ2v) is 8.03. The number of hydrogen-bond donors (Lipinski definition) is 1. The van der Waals surface area contributed by atoms with E-state index >= 15 is 0 Å². The fourth-order valence-corrected chi connectivity index (χ4v) is 3.76. The van der Waals surface area contributed by atoms with Gasteiger partial charge in [-0.05, 0) is 18.9 Å². The van der Waals surface area contributed by atoms with Gasteiger partial charge in [0.25, 0.3) is 0 Å². The maximum atomic E-state index is 12.5. The molecule has 0 bridgehead atoms.